The van der Waals surface area contributed by atoms with Gasteiger partial charge < -0.3 is 0 Å². The summed E-state index contributed by atoms with van der Waals surface area (Å²) in [5.41, 5.74) is 2.70. The van der Waals surface area contributed by atoms with Crippen molar-refractivity contribution < 1.29 is 26.2 Å². The first kappa shape index (κ1) is 21.1. The Kier molecular flexibility index (Phi) is 9.55. The monoisotopic (exact) mass is 453 g/mol. The van der Waals surface area contributed by atoms with Gasteiger partial charge in [-0.25, -0.2) is 0 Å². The summed E-state index contributed by atoms with van der Waals surface area (Å²) in [6, 6.07) is 25.7. The molecule has 4 aromatic carbocycles. The maximum absolute atomic E-state index is 2.28. The fourth-order valence-corrected chi connectivity index (χ4v) is 2.61. The van der Waals surface area contributed by atoms with Crippen molar-refractivity contribution in [3.05, 3.63) is 83.9 Å². The predicted molar refractivity (Wildman–Crippen MR) is 107 cm³/mol. The molecule has 0 saturated carbocycles. The summed E-state index contributed by atoms with van der Waals surface area (Å²) in [6.45, 7) is 4.25. The van der Waals surface area contributed by atoms with Crippen molar-refractivity contribution in [1.82, 2.24) is 0 Å². The van der Waals surface area contributed by atoms with Crippen LogP contribution in [-0.4, -0.2) is 15.4 Å². The van der Waals surface area contributed by atoms with Crippen LogP contribution in [0.2, 0.25) is 11.5 Å². The molecule has 0 aromatic heterocycles. The van der Waals surface area contributed by atoms with Crippen LogP contribution in [0.1, 0.15) is 11.1 Å². The Morgan fingerprint density at radius 3 is 1.33 bits per heavy atom. The Balaban J connectivity index is 0.000000200. The van der Waals surface area contributed by atoms with Crippen molar-refractivity contribution in [1.29, 1.82) is 0 Å². The van der Waals surface area contributed by atoms with Gasteiger partial charge in [0, 0.05) is 0 Å². The second kappa shape index (κ2) is 10.8. The standard InChI is InChI=1S/2C10H9.C2H7Ge.Zr/c2*1-8-6-9-4-2-3-5-10(9)7-8;1-3-2;/h2*2-7H,1H3;3H,1-2H3;/q2*-1;;+2. The Bertz CT molecular complexity index is 716. The minimum Gasteiger partial charge on any atom is 2.00 e. The molecule has 0 bridgehead atoms. The van der Waals surface area contributed by atoms with Crippen LogP contribution in [-0.2, 0) is 26.2 Å². The molecular weight excluding hydrogens is 428 g/mol. The Hall–Kier alpha value is -0.914. The maximum Gasteiger partial charge on any atom is 2.00 e. The summed E-state index contributed by atoms with van der Waals surface area (Å²) in [6.07, 6.45) is 0. The first-order valence-corrected chi connectivity index (χ1v) is 13.0. The second-order valence-corrected chi connectivity index (χ2v) is 8.32. The number of aryl methyl sites for hydroxylation is 2. The molecule has 0 unspecified atom stereocenters. The van der Waals surface area contributed by atoms with Crippen LogP contribution in [0, 0.1) is 13.8 Å². The van der Waals surface area contributed by atoms with Gasteiger partial charge in [-0.1, -0.05) is 26.0 Å². The average molecular weight is 453 g/mol. The van der Waals surface area contributed by atoms with Crippen molar-refractivity contribution in [2.45, 2.75) is 25.4 Å². The van der Waals surface area contributed by atoms with E-state index in [1.165, 1.54) is 32.7 Å². The fraction of sp³-hybridized carbons (Fsp3) is 0.182. The van der Waals surface area contributed by atoms with Crippen LogP contribution in [0.25, 0.3) is 21.5 Å². The summed E-state index contributed by atoms with van der Waals surface area (Å²) in [7, 11) is 0. The van der Waals surface area contributed by atoms with Gasteiger partial charge in [0.25, 0.3) is 0 Å². The van der Waals surface area contributed by atoms with E-state index in [9.17, 15) is 0 Å². The molecule has 121 valence electrons. The molecule has 0 fully saturated rings. The third-order valence-electron chi connectivity index (χ3n) is 3.52. The molecule has 0 aliphatic rings. The van der Waals surface area contributed by atoms with E-state index in [-0.39, 0.29) is 26.2 Å². The summed E-state index contributed by atoms with van der Waals surface area (Å²) in [5.74, 6) is 4.56. The van der Waals surface area contributed by atoms with E-state index in [1.807, 2.05) is 0 Å². The van der Waals surface area contributed by atoms with Gasteiger partial charge in [0.15, 0.2) is 0 Å². The van der Waals surface area contributed by atoms with Gasteiger partial charge in [-0.05, 0) is 0 Å². The smallest absolute Gasteiger partial charge is 2.00 e. The molecule has 0 spiro atoms. The van der Waals surface area contributed by atoms with Crippen LogP contribution in [0.4, 0.5) is 0 Å². The number of rotatable bonds is 0. The van der Waals surface area contributed by atoms with Crippen molar-refractivity contribution in [2.75, 3.05) is 0 Å². The SMILES string of the molecule is Cc1cc2ccccc2[cH-]1.Cc1cc2ccccc2[cH-]1.[CH3][GeH][CH3].[Zr+2]. The van der Waals surface area contributed by atoms with Crippen molar-refractivity contribution in [2.24, 2.45) is 0 Å². The molecule has 0 nitrogen and oxygen atoms in total. The number of hydrogen-bond acceptors (Lipinski definition) is 0. The largest absolute Gasteiger partial charge is 2.00 e. The fourth-order valence-electron chi connectivity index (χ4n) is 2.61. The van der Waals surface area contributed by atoms with Crippen LogP contribution in [0.5, 0.6) is 0 Å². The van der Waals surface area contributed by atoms with E-state index in [0.717, 1.165) is 0 Å². The molecule has 1 radical (unpaired) electrons. The predicted octanol–water partition coefficient (Wildman–Crippen LogP) is 6.25. The molecule has 24 heavy (non-hydrogen) atoms. The van der Waals surface area contributed by atoms with Gasteiger partial charge in [-0.3, -0.25) is 0 Å². The first-order chi connectivity index (χ1) is 11.1. The molecule has 0 aliphatic heterocycles. The Morgan fingerprint density at radius 2 is 1.00 bits per heavy atom. The van der Waals surface area contributed by atoms with E-state index in [4.69, 9.17) is 0 Å². The molecule has 0 atom stereocenters. The summed E-state index contributed by atoms with van der Waals surface area (Å²) in [5, 5.41) is 5.39. The Labute approximate surface area is 171 Å². The minimum atomic E-state index is 0. The zero-order chi connectivity index (χ0) is 16.7. The van der Waals surface area contributed by atoms with Crippen LogP contribution in [0.15, 0.2) is 72.8 Å². The van der Waals surface area contributed by atoms with E-state index < -0.39 is 0 Å². The third-order valence-corrected chi connectivity index (χ3v) is 3.52. The number of hydrogen-bond donors (Lipinski definition) is 0. The third kappa shape index (κ3) is 6.19. The van der Waals surface area contributed by atoms with Crippen LogP contribution >= 0.6 is 0 Å². The van der Waals surface area contributed by atoms with Crippen LogP contribution < -0.4 is 0 Å². The van der Waals surface area contributed by atoms with E-state index in [1.54, 1.807) is 0 Å². The van der Waals surface area contributed by atoms with Gasteiger partial charge in [0.1, 0.15) is 0 Å². The van der Waals surface area contributed by atoms with Crippen LogP contribution in [0.3, 0.4) is 0 Å². The molecule has 0 amide bonds. The molecule has 0 aliphatic carbocycles. The molecule has 0 heterocycles. The molecule has 4 aromatic rings. The molecule has 0 N–H and O–H groups in total. The van der Waals surface area contributed by atoms with E-state index in [0.29, 0.717) is 15.4 Å². The number of fused-ring (bicyclic) bond motifs is 2. The van der Waals surface area contributed by atoms with Gasteiger partial charge >= 0.3 is 53.1 Å². The van der Waals surface area contributed by atoms with Gasteiger partial charge in [-0.2, -0.15) is 12.1 Å². The first-order valence-electron chi connectivity index (χ1n) is 8.12. The summed E-state index contributed by atoms with van der Waals surface area (Å²) in [4.78, 5) is 0. The van der Waals surface area contributed by atoms with E-state index >= 15 is 0 Å². The van der Waals surface area contributed by atoms with Crippen molar-refractivity contribution >= 4 is 37.0 Å². The minimum absolute atomic E-state index is 0. The van der Waals surface area contributed by atoms with Crippen molar-refractivity contribution in [3.63, 3.8) is 0 Å². The van der Waals surface area contributed by atoms with Gasteiger partial charge in [0.05, 0.1) is 0 Å². The average Bonchev–Trinajstić information content (AvgIpc) is 3.08. The van der Waals surface area contributed by atoms with Crippen molar-refractivity contribution in [3.8, 4) is 0 Å². The molecular formula is C22H25GeZr. The molecule has 0 saturated heterocycles. The molecule has 4 rings (SSSR count). The van der Waals surface area contributed by atoms with Gasteiger partial charge in [-0.15, -0.1) is 81.2 Å². The Morgan fingerprint density at radius 1 is 0.667 bits per heavy atom. The molecule has 2 heteroatoms. The summed E-state index contributed by atoms with van der Waals surface area (Å²) < 4.78 is 0. The zero-order valence-corrected chi connectivity index (χ0v) is 19.9. The van der Waals surface area contributed by atoms with E-state index in [2.05, 4.69) is 98.2 Å². The quantitative estimate of drug-likeness (QED) is 0.218. The second-order valence-electron chi connectivity index (χ2n) is 5.90. The van der Waals surface area contributed by atoms with Gasteiger partial charge in [0.2, 0.25) is 0 Å². The summed E-state index contributed by atoms with van der Waals surface area (Å²) >= 11 is 0.312. The number of benzene rings is 2. The topological polar surface area (TPSA) is 0 Å². The normalized spacial score (nSPS) is 9.50. The maximum atomic E-state index is 2.28. The zero-order valence-electron chi connectivity index (χ0n) is 15.0.